The first-order valence-corrected chi connectivity index (χ1v) is 8.88. The van der Waals surface area contributed by atoms with Crippen LogP contribution in [0.1, 0.15) is 16.1 Å². The largest absolute Gasteiger partial charge is 0.287 e. The van der Waals surface area contributed by atoms with Gasteiger partial charge in [0.1, 0.15) is 5.69 Å². The second-order valence-corrected chi connectivity index (χ2v) is 7.24. The Hall–Kier alpha value is -3.11. The van der Waals surface area contributed by atoms with Gasteiger partial charge in [-0.05, 0) is 23.6 Å². The highest BCUT2D eigenvalue weighted by Crippen LogP contribution is 2.46. The van der Waals surface area contributed by atoms with Gasteiger partial charge in [0.15, 0.2) is 0 Å². The average Bonchev–Trinajstić information content (AvgIpc) is 3.05. The molecule has 0 N–H and O–H groups in total. The van der Waals surface area contributed by atoms with Gasteiger partial charge in [0, 0.05) is 27.1 Å². The first kappa shape index (κ1) is 13.2. The van der Waals surface area contributed by atoms with Gasteiger partial charge in [-0.25, -0.2) is 4.98 Å². The van der Waals surface area contributed by atoms with Crippen LogP contribution in [0.25, 0.3) is 42.3 Å². The molecule has 0 atom stereocenters. The summed E-state index contributed by atoms with van der Waals surface area (Å²) in [5.74, 6) is 0.00343. The molecule has 6 rings (SSSR count). The topological polar surface area (TPSA) is 42.9 Å². The lowest BCUT2D eigenvalue weighted by Gasteiger charge is -2.16. The van der Waals surface area contributed by atoms with Crippen molar-refractivity contribution in [3.8, 4) is 10.6 Å². The molecule has 1 aliphatic carbocycles. The Kier molecular flexibility index (Phi) is 2.37. The lowest BCUT2D eigenvalue weighted by molar-refractivity contribution is 0.103. The Bertz CT molecular complexity index is 1370. The normalized spacial score (nSPS) is 12.9. The first-order valence-electron chi connectivity index (χ1n) is 8.07. The van der Waals surface area contributed by atoms with Gasteiger partial charge in [-0.1, -0.05) is 36.4 Å². The van der Waals surface area contributed by atoms with Crippen molar-refractivity contribution in [1.82, 2.24) is 9.97 Å². The Morgan fingerprint density at radius 1 is 0.800 bits per heavy atom. The summed E-state index contributed by atoms with van der Waals surface area (Å²) >= 11 is 1.63. The van der Waals surface area contributed by atoms with Crippen molar-refractivity contribution in [1.29, 1.82) is 0 Å². The fourth-order valence-corrected chi connectivity index (χ4v) is 5.00. The third-order valence-corrected chi connectivity index (χ3v) is 6.04. The van der Waals surface area contributed by atoms with Gasteiger partial charge in [-0.15, -0.1) is 11.3 Å². The number of hydrogen-bond acceptors (Lipinski definition) is 4. The number of hydrogen-bond donors (Lipinski definition) is 0. The maximum atomic E-state index is 13.3. The lowest BCUT2D eigenvalue weighted by Crippen LogP contribution is -2.11. The highest BCUT2D eigenvalue weighted by atomic mass is 32.1. The molecule has 5 aromatic rings. The molecule has 0 bridgehead atoms. The van der Waals surface area contributed by atoms with Crippen LogP contribution in [0, 0.1) is 0 Å². The Balaban J connectivity index is 1.89. The molecule has 0 spiro atoms. The summed E-state index contributed by atoms with van der Waals surface area (Å²) in [7, 11) is 0. The standard InChI is InChI=1S/C21H10N2OS/c24-20-17-13-6-2-4-8-15(13)25-21(17)19-16-12(9-10-22-19)11-5-1-3-7-14(11)23-18(16)20/h1-10H. The molecule has 0 aliphatic heterocycles. The fourth-order valence-electron chi connectivity index (χ4n) is 3.79. The van der Waals surface area contributed by atoms with Gasteiger partial charge in [0.2, 0.25) is 5.78 Å². The minimum atomic E-state index is 0.00343. The number of aromatic nitrogens is 2. The Morgan fingerprint density at radius 2 is 1.60 bits per heavy atom. The summed E-state index contributed by atoms with van der Waals surface area (Å²) in [6.45, 7) is 0. The van der Waals surface area contributed by atoms with Gasteiger partial charge in [0.25, 0.3) is 0 Å². The maximum Gasteiger partial charge on any atom is 0.214 e. The molecule has 116 valence electrons. The van der Waals surface area contributed by atoms with Crippen LogP contribution in [0.2, 0.25) is 0 Å². The molecule has 3 heterocycles. The highest BCUT2D eigenvalue weighted by Gasteiger charge is 2.31. The molecule has 25 heavy (non-hydrogen) atoms. The molecule has 4 heteroatoms. The van der Waals surface area contributed by atoms with Gasteiger partial charge >= 0.3 is 0 Å². The molecule has 0 amide bonds. The fraction of sp³-hybridized carbons (Fsp3) is 0. The van der Waals surface area contributed by atoms with Crippen LogP contribution in [0.15, 0.2) is 60.8 Å². The molecule has 3 nitrogen and oxygen atoms in total. The van der Waals surface area contributed by atoms with E-state index < -0.39 is 0 Å². The monoisotopic (exact) mass is 338 g/mol. The van der Waals surface area contributed by atoms with Crippen molar-refractivity contribution in [2.75, 3.05) is 0 Å². The van der Waals surface area contributed by atoms with Crippen molar-refractivity contribution in [2.24, 2.45) is 0 Å². The van der Waals surface area contributed by atoms with Crippen molar-refractivity contribution in [3.05, 3.63) is 72.1 Å². The van der Waals surface area contributed by atoms with Crippen LogP contribution in [-0.4, -0.2) is 15.8 Å². The SMILES string of the molecule is O=C1c2c(sc3ccccc23)-c2nccc3c2c1nc1ccccc13. The molecule has 0 saturated carbocycles. The summed E-state index contributed by atoms with van der Waals surface area (Å²) in [6.07, 6.45) is 1.83. The minimum Gasteiger partial charge on any atom is -0.287 e. The zero-order valence-corrected chi connectivity index (χ0v) is 13.8. The zero-order chi connectivity index (χ0) is 16.5. The third-order valence-electron chi connectivity index (χ3n) is 4.87. The zero-order valence-electron chi connectivity index (χ0n) is 13.0. The first-order chi connectivity index (χ1) is 12.3. The number of pyridine rings is 2. The van der Waals surface area contributed by atoms with Crippen molar-refractivity contribution >= 4 is 48.9 Å². The second kappa shape index (κ2) is 4.49. The van der Waals surface area contributed by atoms with E-state index in [1.54, 1.807) is 11.3 Å². The van der Waals surface area contributed by atoms with Crippen molar-refractivity contribution in [3.63, 3.8) is 0 Å². The predicted octanol–water partition coefficient (Wildman–Crippen LogP) is 5.21. The van der Waals surface area contributed by atoms with E-state index in [2.05, 4.69) is 17.1 Å². The van der Waals surface area contributed by atoms with E-state index in [1.807, 2.05) is 48.7 Å². The number of benzene rings is 2. The quantitative estimate of drug-likeness (QED) is 0.357. The summed E-state index contributed by atoms with van der Waals surface area (Å²) in [5.41, 5.74) is 2.99. The molecule has 2 aromatic carbocycles. The van der Waals surface area contributed by atoms with Crippen molar-refractivity contribution < 1.29 is 4.79 Å². The molecule has 3 aromatic heterocycles. The molecule has 0 fully saturated rings. The van der Waals surface area contributed by atoms with Crippen LogP contribution in [0.4, 0.5) is 0 Å². The van der Waals surface area contributed by atoms with Crippen LogP contribution >= 0.6 is 11.3 Å². The van der Waals surface area contributed by atoms with E-state index >= 15 is 0 Å². The number of ketones is 1. The number of para-hydroxylation sites is 1. The lowest BCUT2D eigenvalue weighted by atomic mass is 9.91. The van der Waals surface area contributed by atoms with E-state index in [-0.39, 0.29) is 5.78 Å². The van der Waals surface area contributed by atoms with E-state index in [0.29, 0.717) is 5.69 Å². The second-order valence-electron chi connectivity index (χ2n) is 6.19. The van der Waals surface area contributed by atoms with E-state index in [1.165, 1.54) is 0 Å². The van der Waals surface area contributed by atoms with Gasteiger partial charge < -0.3 is 0 Å². The van der Waals surface area contributed by atoms with E-state index in [0.717, 1.165) is 47.9 Å². The van der Waals surface area contributed by atoms with E-state index in [4.69, 9.17) is 4.98 Å². The molecule has 0 radical (unpaired) electrons. The number of carbonyl (C=O) groups is 1. The Labute approximate surface area is 146 Å². The number of carbonyl (C=O) groups excluding carboxylic acids is 1. The van der Waals surface area contributed by atoms with Crippen LogP contribution < -0.4 is 0 Å². The van der Waals surface area contributed by atoms with Crippen LogP contribution in [0.3, 0.4) is 0 Å². The van der Waals surface area contributed by atoms with Gasteiger partial charge in [0.05, 0.1) is 21.7 Å². The molecule has 1 aliphatic rings. The summed E-state index contributed by atoms with van der Waals surface area (Å²) in [4.78, 5) is 23.6. The Morgan fingerprint density at radius 3 is 2.52 bits per heavy atom. The number of fused-ring (bicyclic) bond motifs is 6. The molecular weight excluding hydrogens is 328 g/mol. The highest BCUT2D eigenvalue weighted by molar-refractivity contribution is 7.23. The predicted molar refractivity (Wildman–Crippen MR) is 101 cm³/mol. The van der Waals surface area contributed by atoms with Gasteiger partial charge in [-0.2, -0.15) is 0 Å². The summed E-state index contributed by atoms with van der Waals surface area (Å²) in [6, 6.07) is 18.0. The van der Waals surface area contributed by atoms with Crippen molar-refractivity contribution in [2.45, 2.75) is 0 Å². The average molecular weight is 338 g/mol. The number of nitrogens with zero attached hydrogens (tertiary/aromatic N) is 2. The molecule has 0 unspecified atom stereocenters. The summed E-state index contributed by atoms with van der Waals surface area (Å²) in [5, 5.41) is 3.97. The smallest absolute Gasteiger partial charge is 0.214 e. The number of rotatable bonds is 0. The molecular formula is C21H10N2OS. The summed E-state index contributed by atoms with van der Waals surface area (Å²) < 4.78 is 1.11. The maximum absolute atomic E-state index is 13.3. The van der Waals surface area contributed by atoms with Crippen LogP contribution in [0.5, 0.6) is 0 Å². The molecule has 0 saturated heterocycles. The minimum absolute atomic E-state index is 0.00343. The van der Waals surface area contributed by atoms with Gasteiger partial charge in [-0.3, -0.25) is 9.78 Å². The third kappa shape index (κ3) is 1.57. The number of thiophene rings is 1. The van der Waals surface area contributed by atoms with E-state index in [9.17, 15) is 4.79 Å². The van der Waals surface area contributed by atoms with Crippen LogP contribution in [-0.2, 0) is 0 Å².